The van der Waals surface area contributed by atoms with Crippen LogP contribution in [0.25, 0.3) is 0 Å². The minimum Gasteiger partial charge on any atom is -0.463 e. The zero-order valence-corrected chi connectivity index (χ0v) is 21.0. The second-order valence-corrected chi connectivity index (χ2v) is 9.70. The molecule has 0 aliphatic carbocycles. The molecule has 0 aromatic heterocycles. The molecular formula is C22H42F3O7P. The van der Waals surface area contributed by atoms with E-state index in [2.05, 4.69) is 16.2 Å². The van der Waals surface area contributed by atoms with E-state index in [1.165, 1.54) is 57.8 Å². The lowest BCUT2D eigenvalue weighted by molar-refractivity contribution is -0.181. The number of phosphoric ester groups is 1. The molecule has 0 aromatic carbocycles. The average Bonchev–Trinajstić information content (AvgIpc) is 2.74. The van der Waals surface area contributed by atoms with Crippen LogP contribution in [0.15, 0.2) is 0 Å². The van der Waals surface area contributed by atoms with Crippen LogP contribution < -0.4 is 0 Å². The number of carbonyl (C=O) groups excluding carboxylic acids is 1. The second kappa shape index (κ2) is 19.6. The first-order valence-electron chi connectivity index (χ1n) is 12.0. The van der Waals surface area contributed by atoms with E-state index in [0.717, 1.165) is 26.4 Å². The van der Waals surface area contributed by atoms with Crippen molar-refractivity contribution in [3.05, 3.63) is 0 Å². The lowest BCUT2D eigenvalue weighted by Gasteiger charge is -2.20. The molecule has 1 N–H and O–H groups in total. The van der Waals surface area contributed by atoms with Gasteiger partial charge in [0.2, 0.25) is 0 Å². The molecule has 7 nitrogen and oxygen atoms in total. The van der Waals surface area contributed by atoms with Crippen LogP contribution in [-0.2, 0) is 27.9 Å². The summed E-state index contributed by atoms with van der Waals surface area (Å²) in [5, 5.41) is 0. The third-order valence-electron chi connectivity index (χ3n) is 5.00. The van der Waals surface area contributed by atoms with Gasteiger partial charge in [-0.25, -0.2) is 4.57 Å². The van der Waals surface area contributed by atoms with Gasteiger partial charge >= 0.3 is 20.0 Å². The zero-order chi connectivity index (χ0) is 25.0. The summed E-state index contributed by atoms with van der Waals surface area (Å²) in [6.07, 6.45) is 9.54. The van der Waals surface area contributed by atoms with E-state index in [-0.39, 0.29) is 6.42 Å². The van der Waals surface area contributed by atoms with Crippen molar-refractivity contribution in [1.82, 2.24) is 0 Å². The molecule has 11 heteroatoms. The highest BCUT2D eigenvalue weighted by Gasteiger charge is 2.30. The van der Waals surface area contributed by atoms with Gasteiger partial charge in [-0.1, -0.05) is 84.0 Å². The van der Waals surface area contributed by atoms with Crippen LogP contribution in [0, 0.1) is 0 Å². The molecule has 0 aromatic rings. The molecule has 198 valence electrons. The summed E-state index contributed by atoms with van der Waals surface area (Å²) in [5.74, 6) is -0.548. The molecule has 0 spiro atoms. The number of unbranched alkanes of at least 4 members (excludes halogenated alkanes) is 12. The summed E-state index contributed by atoms with van der Waals surface area (Å²) in [6, 6.07) is 0. The van der Waals surface area contributed by atoms with Gasteiger partial charge in [-0.2, -0.15) is 13.2 Å². The molecule has 2 atom stereocenters. The molecule has 33 heavy (non-hydrogen) atoms. The summed E-state index contributed by atoms with van der Waals surface area (Å²) in [5.41, 5.74) is 0. The Morgan fingerprint density at radius 3 is 1.82 bits per heavy atom. The molecule has 0 heterocycles. The highest BCUT2D eigenvalue weighted by molar-refractivity contribution is 7.47. The first-order chi connectivity index (χ1) is 15.6. The molecule has 0 fully saturated rings. The van der Waals surface area contributed by atoms with Gasteiger partial charge in [-0.3, -0.25) is 13.8 Å². The number of hydrogen-bond acceptors (Lipinski definition) is 6. The van der Waals surface area contributed by atoms with Crippen LogP contribution in [0.3, 0.4) is 0 Å². The Morgan fingerprint density at radius 2 is 1.36 bits per heavy atom. The third-order valence-corrected chi connectivity index (χ3v) is 6.02. The number of hydrogen-bond donors (Lipinski definition) is 1. The normalized spacial score (nSPS) is 14.7. The molecule has 0 radical (unpaired) electrons. The quantitative estimate of drug-likeness (QED) is 0.0990. The van der Waals surface area contributed by atoms with Crippen molar-refractivity contribution in [3.8, 4) is 0 Å². The fourth-order valence-electron chi connectivity index (χ4n) is 3.19. The second-order valence-electron chi connectivity index (χ2n) is 8.18. The maximum absolute atomic E-state index is 12.2. The summed E-state index contributed by atoms with van der Waals surface area (Å²) >= 11 is 0. The molecule has 0 bridgehead atoms. The van der Waals surface area contributed by atoms with Crippen LogP contribution in [-0.4, -0.2) is 50.1 Å². The van der Waals surface area contributed by atoms with Gasteiger partial charge in [0.25, 0.3) is 0 Å². The molecule has 0 saturated carbocycles. The first-order valence-corrected chi connectivity index (χ1v) is 13.5. The predicted molar refractivity (Wildman–Crippen MR) is 120 cm³/mol. The monoisotopic (exact) mass is 506 g/mol. The topological polar surface area (TPSA) is 91.3 Å². The van der Waals surface area contributed by atoms with Crippen LogP contribution in [0.4, 0.5) is 13.2 Å². The maximum atomic E-state index is 12.2. The Balaban J connectivity index is 3.87. The minimum absolute atomic E-state index is 0.162. The number of phosphoric acid groups is 1. The van der Waals surface area contributed by atoms with Crippen molar-refractivity contribution in [3.63, 3.8) is 0 Å². The number of alkyl halides is 3. The van der Waals surface area contributed by atoms with Gasteiger partial charge in [0.1, 0.15) is 19.3 Å². The third kappa shape index (κ3) is 22.9. The Morgan fingerprint density at radius 1 is 0.879 bits per heavy atom. The van der Waals surface area contributed by atoms with E-state index in [4.69, 9.17) is 9.26 Å². The molecule has 0 amide bonds. The maximum Gasteiger partial charge on any atom is 0.472 e. The fraction of sp³-hybridized carbons (Fsp3) is 0.955. The molecule has 0 aliphatic rings. The molecule has 2 unspecified atom stereocenters. The Labute approximate surface area is 196 Å². The van der Waals surface area contributed by atoms with Gasteiger partial charge in [0.05, 0.1) is 6.61 Å². The molecule has 0 saturated heterocycles. The highest BCUT2D eigenvalue weighted by atomic mass is 31.2. The molecule has 0 rings (SSSR count). The van der Waals surface area contributed by atoms with Crippen LogP contribution in [0.1, 0.15) is 96.8 Å². The number of carbonyl (C=O) groups is 1. The lowest BCUT2D eigenvalue weighted by Crippen LogP contribution is -2.29. The van der Waals surface area contributed by atoms with E-state index in [9.17, 15) is 27.4 Å². The smallest absolute Gasteiger partial charge is 0.463 e. The van der Waals surface area contributed by atoms with Gasteiger partial charge in [0.15, 0.2) is 0 Å². The van der Waals surface area contributed by atoms with Crippen molar-refractivity contribution in [2.45, 2.75) is 109 Å². The van der Waals surface area contributed by atoms with Crippen LogP contribution >= 0.6 is 7.82 Å². The first kappa shape index (κ1) is 32.3. The summed E-state index contributed by atoms with van der Waals surface area (Å²) in [6.45, 7) is -0.526. The Hall–Kier alpha value is -0.670. The zero-order valence-electron chi connectivity index (χ0n) is 20.1. The van der Waals surface area contributed by atoms with E-state index in [1.54, 1.807) is 0 Å². The van der Waals surface area contributed by atoms with E-state index in [0.29, 0.717) is 6.42 Å². The van der Waals surface area contributed by atoms with E-state index in [1.807, 2.05) is 0 Å². The number of ether oxygens (including phenoxy) is 2. The van der Waals surface area contributed by atoms with Crippen LogP contribution in [0.2, 0.25) is 0 Å². The highest BCUT2D eigenvalue weighted by Crippen LogP contribution is 2.43. The van der Waals surface area contributed by atoms with Gasteiger partial charge in [-0.05, 0) is 6.42 Å². The lowest BCUT2D eigenvalue weighted by atomic mass is 10.0. The minimum atomic E-state index is -4.56. The summed E-state index contributed by atoms with van der Waals surface area (Å²) in [4.78, 5) is 21.2. The van der Waals surface area contributed by atoms with E-state index < -0.39 is 45.9 Å². The van der Waals surface area contributed by atoms with Crippen molar-refractivity contribution < 1.29 is 45.9 Å². The largest absolute Gasteiger partial charge is 0.472 e. The van der Waals surface area contributed by atoms with Gasteiger partial charge in [0, 0.05) is 13.5 Å². The Bertz CT molecular complexity index is 533. The SMILES string of the molecule is CCCCCCCCCCCCCCCC(=O)OCC(COCC(F)(F)F)OP(=O)(O)OC. The van der Waals surface area contributed by atoms with Crippen molar-refractivity contribution in [2.24, 2.45) is 0 Å². The van der Waals surface area contributed by atoms with Crippen LogP contribution in [0.5, 0.6) is 0 Å². The Kier molecular flexibility index (Phi) is 19.2. The fourth-order valence-corrected chi connectivity index (χ4v) is 3.78. The summed E-state index contributed by atoms with van der Waals surface area (Å²) in [7, 11) is -3.56. The number of rotatable bonds is 22. The predicted octanol–water partition coefficient (Wildman–Crippen LogP) is 6.72. The molecule has 0 aliphatic heterocycles. The average molecular weight is 507 g/mol. The number of halogens is 3. The van der Waals surface area contributed by atoms with E-state index >= 15 is 0 Å². The number of esters is 1. The molecular weight excluding hydrogens is 464 g/mol. The van der Waals surface area contributed by atoms with Crippen molar-refractivity contribution >= 4 is 13.8 Å². The summed E-state index contributed by atoms with van der Waals surface area (Å²) < 4.78 is 66.5. The van der Waals surface area contributed by atoms with Crippen molar-refractivity contribution in [1.29, 1.82) is 0 Å². The standard InChI is InChI=1S/C22H42F3O7P/c1-3-4-5-6-7-8-9-10-11-12-13-14-15-16-21(26)31-18-20(32-33(27,28)29-2)17-30-19-22(23,24)25/h20H,3-19H2,1-2H3,(H,27,28). The van der Waals surface area contributed by atoms with Gasteiger partial charge in [-0.15, -0.1) is 0 Å². The van der Waals surface area contributed by atoms with Gasteiger partial charge < -0.3 is 14.4 Å². The van der Waals surface area contributed by atoms with Crippen molar-refractivity contribution in [2.75, 3.05) is 26.9 Å².